The van der Waals surface area contributed by atoms with Gasteiger partial charge >= 0.3 is 0 Å². The predicted molar refractivity (Wildman–Crippen MR) is 91.4 cm³/mol. The van der Waals surface area contributed by atoms with Crippen LogP contribution in [0.4, 0.5) is 11.6 Å². The number of nitrogens with zero attached hydrogens (tertiary/aromatic N) is 2. The van der Waals surface area contributed by atoms with Gasteiger partial charge in [0.05, 0.1) is 6.04 Å². The molecule has 0 amide bonds. The van der Waals surface area contributed by atoms with Gasteiger partial charge in [0.25, 0.3) is 0 Å². The molecular weight excluding hydrogens is 280 g/mol. The van der Waals surface area contributed by atoms with E-state index in [2.05, 4.69) is 67.4 Å². The van der Waals surface area contributed by atoms with E-state index in [1.54, 1.807) is 6.33 Å². The van der Waals surface area contributed by atoms with E-state index in [-0.39, 0.29) is 6.04 Å². The van der Waals surface area contributed by atoms with Crippen LogP contribution in [0.15, 0.2) is 18.5 Å². The Bertz CT molecular complexity index is 592. The fraction of sp³-hybridized carbons (Fsp3) is 0.500. The number of hydrogen-bond donors (Lipinski definition) is 2. The van der Waals surface area contributed by atoms with E-state index >= 15 is 0 Å². The molecule has 0 spiro atoms. The van der Waals surface area contributed by atoms with Crippen LogP contribution in [0, 0.1) is 6.92 Å². The molecule has 114 valence electrons. The number of aryl methyl sites for hydroxylation is 1. The molecule has 21 heavy (non-hydrogen) atoms. The third-order valence-electron chi connectivity index (χ3n) is 3.35. The Morgan fingerprint density at radius 3 is 2.43 bits per heavy atom. The van der Waals surface area contributed by atoms with Crippen LogP contribution in [0.5, 0.6) is 0 Å². The fourth-order valence-corrected chi connectivity index (χ4v) is 3.21. The lowest BCUT2D eigenvalue weighted by molar-refractivity contribution is 0.824. The Labute approximate surface area is 131 Å². The van der Waals surface area contributed by atoms with E-state index < -0.39 is 0 Å². The summed E-state index contributed by atoms with van der Waals surface area (Å²) in [6, 6.07) is 4.58. The van der Waals surface area contributed by atoms with Crippen molar-refractivity contribution in [2.24, 2.45) is 0 Å². The number of rotatable bonds is 6. The van der Waals surface area contributed by atoms with E-state index in [9.17, 15) is 0 Å². The van der Waals surface area contributed by atoms with Crippen molar-refractivity contribution in [2.75, 3.05) is 17.2 Å². The zero-order chi connectivity index (χ0) is 15.4. The molecule has 0 radical (unpaired) electrons. The second-order valence-corrected chi connectivity index (χ2v) is 6.80. The zero-order valence-corrected chi connectivity index (χ0v) is 14.2. The number of thiophene rings is 1. The van der Waals surface area contributed by atoms with Crippen LogP contribution in [-0.4, -0.2) is 16.5 Å². The highest BCUT2D eigenvalue weighted by molar-refractivity contribution is 7.12. The molecule has 5 heteroatoms. The Kier molecular flexibility index (Phi) is 5.17. The first kappa shape index (κ1) is 15.8. The van der Waals surface area contributed by atoms with E-state index in [1.807, 2.05) is 11.3 Å². The Balaban J connectivity index is 2.28. The van der Waals surface area contributed by atoms with Crippen molar-refractivity contribution in [3.8, 4) is 0 Å². The minimum atomic E-state index is 0.241. The zero-order valence-electron chi connectivity index (χ0n) is 13.4. The second kappa shape index (κ2) is 6.89. The maximum absolute atomic E-state index is 4.46. The lowest BCUT2D eigenvalue weighted by Crippen LogP contribution is -2.13. The van der Waals surface area contributed by atoms with Crippen molar-refractivity contribution in [1.29, 1.82) is 0 Å². The lowest BCUT2D eigenvalue weighted by Gasteiger charge is -2.20. The van der Waals surface area contributed by atoms with Gasteiger partial charge in [-0.05, 0) is 38.8 Å². The monoisotopic (exact) mass is 304 g/mol. The van der Waals surface area contributed by atoms with Crippen LogP contribution >= 0.6 is 11.3 Å². The number of nitrogens with one attached hydrogen (secondary N) is 2. The molecule has 1 atom stereocenters. The van der Waals surface area contributed by atoms with Crippen molar-refractivity contribution < 1.29 is 0 Å². The molecule has 2 N–H and O–H groups in total. The molecule has 0 saturated heterocycles. The maximum atomic E-state index is 4.46. The summed E-state index contributed by atoms with van der Waals surface area (Å²) in [5.41, 5.74) is 1.15. The van der Waals surface area contributed by atoms with Gasteiger partial charge in [0.2, 0.25) is 0 Å². The van der Waals surface area contributed by atoms with Gasteiger partial charge < -0.3 is 10.6 Å². The van der Waals surface area contributed by atoms with Crippen molar-refractivity contribution >= 4 is 23.0 Å². The third-order valence-corrected chi connectivity index (χ3v) is 4.53. The number of hydrogen-bond acceptors (Lipinski definition) is 5. The normalized spacial score (nSPS) is 12.5. The van der Waals surface area contributed by atoms with E-state index in [0.29, 0.717) is 5.92 Å². The SMILES string of the molecule is CCNc1ncnc(NC(C)c2ccc(C)s2)c1C(C)C. The van der Waals surface area contributed by atoms with Crippen molar-refractivity contribution in [1.82, 2.24) is 9.97 Å². The van der Waals surface area contributed by atoms with Crippen LogP contribution < -0.4 is 10.6 Å². The topological polar surface area (TPSA) is 49.8 Å². The molecule has 2 aromatic rings. The fourth-order valence-electron chi connectivity index (χ4n) is 2.33. The largest absolute Gasteiger partial charge is 0.370 e. The summed E-state index contributed by atoms with van der Waals surface area (Å²) < 4.78 is 0. The average Bonchev–Trinajstić information content (AvgIpc) is 2.86. The molecule has 0 aliphatic carbocycles. The summed E-state index contributed by atoms with van der Waals surface area (Å²) in [6.07, 6.45) is 1.62. The van der Waals surface area contributed by atoms with Crippen molar-refractivity contribution in [3.05, 3.63) is 33.8 Å². The van der Waals surface area contributed by atoms with Gasteiger partial charge in [0.1, 0.15) is 18.0 Å². The second-order valence-electron chi connectivity index (χ2n) is 5.48. The third kappa shape index (κ3) is 3.73. The molecular formula is C16H24N4S. The van der Waals surface area contributed by atoms with Gasteiger partial charge in [-0.15, -0.1) is 11.3 Å². The molecule has 0 aliphatic rings. The van der Waals surface area contributed by atoms with Crippen LogP contribution in [0.25, 0.3) is 0 Å². The van der Waals surface area contributed by atoms with Crippen LogP contribution in [-0.2, 0) is 0 Å². The first-order valence-electron chi connectivity index (χ1n) is 7.44. The molecule has 2 rings (SSSR count). The molecule has 2 heterocycles. The highest BCUT2D eigenvalue weighted by atomic mass is 32.1. The first-order valence-corrected chi connectivity index (χ1v) is 8.26. The smallest absolute Gasteiger partial charge is 0.135 e. The quantitative estimate of drug-likeness (QED) is 0.820. The molecule has 4 nitrogen and oxygen atoms in total. The number of aromatic nitrogens is 2. The van der Waals surface area contributed by atoms with Gasteiger partial charge in [-0.25, -0.2) is 9.97 Å². The molecule has 0 aliphatic heterocycles. The predicted octanol–water partition coefficient (Wildman–Crippen LogP) is 4.57. The summed E-state index contributed by atoms with van der Waals surface area (Å²) in [6.45, 7) is 11.6. The minimum absolute atomic E-state index is 0.241. The van der Waals surface area contributed by atoms with Gasteiger partial charge in [0.15, 0.2) is 0 Å². The molecule has 0 fully saturated rings. The van der Waals surface area contributed by atoms with Gasteiger partial charge in [-0.1, -0.05) is 13.8 Å². The van der Waals surface area contributed by atoms with Crippen LogP contribution in [0.2, 0.25) is 0 Å². The minimum Gasteiger partial charge on any atom is -0.370 e. The molecule has 0 bridgehead atoms. The van der Waals surface area contributed by atoms with Gasteiger partial charge in [0, 0.05) is 21.9 Å². The molecule has 2 aromatic heterocycles. The Hall–Kier alpha value is -1.62. The van der Waals surface area contributed by atoms with E-state index in [4.69, 9.17) is 0 Å². The Morgan fingerprint density at radius 1 is 1.14 bits per heavy atom. The summed E-state index contributed by atoms with van der Waals surface area (Å²) in [5.74, 6) is 2.22. The average molecular weight is 304 g/mol. The highest BCUT2D eigenvalue weighted by Gasteiger charge is 2.17. The van der Waals surface area contributed by atoms with E-state index in [0.717, 1.165) is 23.7 Å². The van der Waals surface area contributed by atoms with Gasteiger partial charge in [-0.3, -0.25) is 0 Å². The Morgan fingerprint density at radius 2 is 1.86 bits per heavy atom. The van der Waals surface area contributed by atoms with Crippen LogP contribution in [0.1, 0.15) is 55.0 Å². The van der Waals surface area contributed by atoms with Crippen molar-refractivity contribution in [2.45, 2.75) is 46.6 Å². The number of anilines is 2. The molecule has 1 unspecified atom stereocenters. The molecule has 0 aromatic carbocycles. The van der Waals surface area contributed by atoms with Crippen molar-refractivity contribution in [3.63, 3.8) is 0 Å². The first-order chi connectivity index (χ1) is 10.0. The standard InChI is InChI=1S/C16H24N4S/c1-6-17-15-14(10(2)3)16(19-9-18-15)20-12(5)13-8-7-11(4)21-13/h7-10,12H,6H2,1-5H3,(H2,17,18,19,20). The summed E-state index contributed by atoms with van der Waals surface area (Å²) >= 11 is 1.82. The van der Waals surface area contributed by atoms with Crippen LogP contribution in [0.3, 0.4) is 0 Å². The lowest BCUT2D eigenvalue weighted by atomic mass is 10.0. The highest BCUT2D eigenvalue weighted by Crippen LogP contribution is 2.32. The van der Waals surface area contributed by atoms with Gasteiger partial charge in [-0.2, -0.15) is 0 Å². The molecule has 0 saturated carbocycles. The summed E-state index contributed by atoms with van der Waals surface area (Å²) in [7, 11) is 0. The van der Waals surface area contributed by atoms with E-state index in [1.165, 1.54) is 9.75 Å². The summed E-state index contributed by atoms with van der Waals surface area (Å²) in [4.78, 5) is 11.5. The maximum Gasteiger partial charge on any atom is 0.135 e. The summed E-state index contributed by atoms with van der Waals surface area (Å²) in [5, 5.41) is 6.87.